The Morgan fingerprint density at radius 1 is 1.22 bits per heavy atom. The highest BCUT2D eigenvalue weighted by molar-refractivity contribution is 5.84. The lowest BCUT2D eigenvalue weighted by Gasteiger charge is -2.17. The van der Waals surface area contributed by atoms with Crippen LogP contribution in [0.25, 0.3) is 0 Å². The monoisotopic (exact) mass is 312 g/mol. The van der Waals surface area contributed by atoms with Gasteiger partial charge < -0.3 is 9.84 Å². The van der Waals surface area contributed by atoms with Crippen molar-refractivity contribution in [3.05, 3.63) is 59.7 Å². The molecule has 5 heteroatoms. The second-order valence-electron chi connectivity index (χ2n) is 5.02. The first-order valence-corrected chi connectivity index (χ1v) is 7.42. The molecular formula is C18H20N2O3. The Kier molecular flexibility index (Phi) is 5.74. The summed E-state index contributed by atoms with van der Waals surface area (Å²) in [5, 5.41) is 15.1. The molecular weight excluding hydrogens is 292 g/mol. The van der Waals surface area contributed by atoms with Crippen LogP contribution < -0.4 is 9.75 Å². The van der Waals surface area contributed by atoms with Crippen LogP contribution in [0.15, 0.2) is 53.6 Å². The second kappa shape index (κ2) is 7.98. The number of para-hydroxylation sites is 1. The van der Waals surface area contributed by atoms with Crippen LogP contribution in [-0.2, 0) is 4.79 Å². The number of aliphatic carboxylic acids is 1. The number of benzene rings is 2. The number of nitrogens with zero attached hydrogens (tertiary/aromatic N) is 2. The number of carboxylic acid groups (broad SMARTS) is 1. The highest BCUT2D eigenvalue weighted by Crippen LogP contribution is 2.18. The molecule has 2 aromatic carbocycles. The van der Waals surface area contributed by atoms with Crippen molar-refractivity contribution >= 4 is 17.9 Å². The fourth-order valence-electron chi connectivity index (χ4n) is 2.04. The van der Waals surface area contributed by atoms with Gasteiger partial charge in [0.05, 0.1) is 11.9 Å². The third-order valence-electron chi connectivity index (χ3n) is 3.24. The van der Waals surface area contributed by atoms with Crippen molar-refractivity contribution in [2.45, 2.75) is 13.8 Å². The van der Waals surface area contributed by atoms with E-state index in [1.807, 2.05) is 55.3 Å². The van der Waals surface area contributed by atoms with E-state index in [2.05, 4.69) is 5.10 Å². The molecule has 0 spiro atoms. The molecule has 0 saturated heterocycles. The van der Waals surface area contributed by atoms with Crippen LogP contribution in [0.5, 0.6) is 5.75 Å². The largest absolute Gasteiger partial charge is 0.481 e. The van der Waals surface area contributed by atoms with E-state index in [1.54, 1.807) is 18.3 Å². The molecule has 0 aliphatic rings. The first kappa shape index (κ1) is 16.5. The van der Waals surface area contributed by atoms with E-state index in [0.29, 0.717) is 5.75 Å². The van der Waals surface area contributed by atoms with Gasteiger partial charge in [0, 0.05) is 12.1 Å². The van der Waals surface area contributed by atoms with E-state index >= 15 is 0 Å². The van der Waals surface area contributed by atoms with Crippen molar-refractivity contribution in [1.29, 1.82) is 0 Å². The maximum atomic E-state index is 10.6. The Hall–Kier alpha value is -2.82. The first-order valence-electron chi connectivity index (χ1n) is 7.42. The fourth-order valence-corrected chi connectivity index (χ4v) is 2.04. The maximum Gasteiger partial charge on any atom is 0.341 e. The summed E-state index contributed by atoms with van der Waals surface area (Å²) in [5.74, 6) is -0.509. The van der Waals surface area contributed by atoms with E-state index in [4.69, 9.17) is 9.84 Å². The van der Waals surface area contributed by atoms with Gasteiger partial charge in [-0.2, -0.15) is 5.10 Å². The molecule has 5 nitrogen and oxygen atoms in total. The molecule has 0 saturated carbocycles. The molecule has 0 unspecified atom stereocenters. The summed E-state index contributed by atoms with van der Waals surface area (Å²) in [7, 11) is 0. The Bertz CT molecular complexity index is 681. The van der Waals surface area contributed by atoms with Crippen molar-refractivity contribution < 1.29 is 14.6 Å². The lowest BCUT2D eigenvalue weighted by atomic mass is 10.2. The van der Waals surface area contributed by atoms with E-state index < -0.39 is 5.97 Å². The molecule has 2 rings (SSSR count). The maximum absolute atomic E-state index is 10.6. The van der Waals surface area contributed by atoms with E-state index in [-0.39, 0.29) is 6.61 Å². The molecule has 2 aromatic rings. The minimum atomic E-state index is -1.01. The Morgan fingerprint density at radius 2 is 1.91 bits per heavy atom. The lowest BCUT2D eigenvalue weighted by molar-refractivity contribution is -0.139. The zero-order chi connectivity index (χ0) is 16.7. The van der Waals surface area contributed by atoms with Gasteiger partial charge in [-0.3, -0.25) is 5.01 Å². The summed E-state index contributed by atoms with van der Waals surface area (Å²) in [6.07, 6.45) is 1.68. The minimum absolute atomic E-state index is 0.375. The number of aryl methyl sites for hydroxylation is 1. The highest BCUT2D eigenvalue weighted by atomic mass is 16.5. The summed E-state index contributed by atoms with van der Waals surface area (Å²) < 4.78 is 5.28. The van der Waals surface area contributed by atoms with E-state index in [1.165, 1.54) is 5.56 Å². The van der Waals surface area contributed by atoms with E-state index in [9.17, 15) is 4.79 Å². The summed E-state index contributed by atoms with van der Waals surface area (Å²) in [6.45, 7) is 4.40. The van der Waals surface area contributed by atoms with Crippen molar-refractivity contribution in [3.8, 4) is 5.75 Å². The third-order valence-corrected chi connectivity index (χ3v) is 3.24. The SMILES string of the molecule is CCN(/N=C\c1ccccc1OCC(=O)O)c1ccc(C)cc1. The Labute approximate surface area is 135 Å². The molecule has 0 amide bonds. The zero-order valence-electron chi connectivity index (χ0n) is 13.3. The smallest absolute Gasteiger partial charge is 0.341 e. The molecule has 1 N–H and O–H groups in total. The van der Waals surface area contributed by atoms with Crippen LogP contribution in [0.4, 0.5) is 5.69 Å². The van der Waals surface area contributed by atoms with Crippen LogP contribution in [-0.4, -0.2) is 30.4 Å². The normalized spacial score (nSPS) is 10.7. The fraction of sp³-hybridized carbons (Fsp3) is 0.222. The van der Waals surface area contributed by atoms with Gasteiger partial charge in [-0.15, -0.1) is 0 Å². The standard InChI is InChI=1S/C18H20N2O3/c1-3-20(16-10-8-14(2)9-11-16)19-12-15-6-4-5-7-17(15)23-13-18(21)22/h4-12H,3,13H2,1-2H3,(H,21,22)/b19-12-. The van der Waals surface area contributed by atoms with Gasteiger partial charge in [-0.25, -0.2) is 4.79 Å². The summed E-state index contributed by atoms with van der Waals surface area (Å²) >= 11 is 0. The molecule has 23 heavy (non-hydrogen) atoms. The third kappa shape index (κ3) is 4.85. The topological polar surface area (TPSA) is 62.1 Å². The van der Waals surface area contributed by atoms with Gasteiger partial charge in [0.25, 0.3) is 0 Å². The van der Waals surface area contributed by atoms with Gasteiger partial charge in [0.15, 0.2) is 6.61 Å². The van der Waals surface area contributed by atoms with Crippen LogP contribution in [0, 0.1) is 6.92 Å². The van der Waals surface area contributed by atoms with Gasteiger partial charge in [-0.05, 0) is 38.1 Å². The van der Waals surface area contributed by atoms with Gasteiger partial charge in [-0.1, -0.05) is 29.8 Å². The second-order valence-corrected chi connectivity index (χ2v) is 5.02. The number of rotatable bonds is 7. The molecule has 0 atom stereocenters. The average molecular weight is 312 g/mol. The number of ether oxygens (including phenoxy) is 1. The van der Waals surface area contributed by atoms with Crippen molar-refractivity contribution in [3.63, 3.8) is 0 Å². The van der Waals surface area contributed by atoms with Gasteiger partial charge >= 0.3 is 5.97 Å². The van der Waals surface area contributed by atoms with Crippen molar-refractivity contribution in [2.24, 2.45) is 5.10 Å². The predicted octanol–water partition coefficient (Wildman–Crippen LogP) is 3.32. The molecule has 0 fully saturated rings. The number of carbonyl (C=O) groups is 1. The Morgan fingerprint density at radius 3 is 2.57 bits per heavy atom. The molecule has 0 heterocycles. The van der Waals surface area contributed by atoms with Crippen molar-refractivity contribution in [1.82, 2.24) is 0 Å². The zero-order valence-corrected chi connectivity index (χ0v) is 13.3. The number of hydrazone groups is 1. The minimum Gasteiger partial charge on any atom is -0.481 e. The molecule has 0 aliphatic carbocycles. The molecule has 0 aliphatic heterocycles. The van der Waals surface area contributed by atoms with Gasteiger partial charge in [0.1, 0.15) is 5.75 Å². The molecule has 0 aromatic heterocycles. The summed E-state index contributed by atoms with van der Waals surface area (Å²) in [4.78, 5) is 10.6. The number of hydrogen-bond acceptors (Lipinski definition) is 4. The average Bonchev–Trinajstić information content (AvgIpc) is 2.56. The van der Waals surface area contributed by atoms with Crippen LogP contribution >= 0.6 is 0 Å². The summed E-state index contributed by atoms with van der Waals surface area (Å²) in [6, 6.07) is 15.3. The van der Waals surface area contributed by atoms with Crippen molar-refractivity contribution in [2.75, 3.05) is 18.2 Å². The lowest BCUT2D eigenvalue weighted by Crippen LogP contribution is -2.16. The number of hydrogen-bond donors (Lipinski definition) is 1. The number of carboxylic acids is 1. The van der Waals surface area contributed by atoms with Gasteiger partial charge in [0.2, 0.25) is 0 Å². The number of anilines is 1. The molecule has 0 bridgehead atoms. The van der Waals surface area contributed by atoms with Crippen LogP contribution in [0.3, 0.4) is 0 Å². The van der Waals surface area contributed by atoms with E-state index in [0.717, 1.165) is 17.8 Å². The van der Waals surface area contributed by atoms with Crippen LogP contribution in [0.2, 0.25) is 0 Å². The first-order chi connectivity index (χ1) is 11.1. The predicted molar refractivity (Wildman–Crippen MR) is 91.4 cm³/mol. The highest BCUT2D eigenvalue weighted by Gasteiger charge is 2.05. The molecule has 120 valence electrons. The quantitative estimate of drug-likeness (QED) is 0.629. The van der Waals surface area contributed by atoms with Crippen LogP contribution in [0.1, 0.15) is 18.1 Å². The summed E-state index contributed by atoms with van der Waals surface area (Å²) in [5.41, 5.74) is 2.93. The molecule has 0 radical (unpaired) electrons. The Balaban J connectivity index is 2.17.